The molecule has 0 unspecified atom stereocenters. The molecule has 0 radical (unpaired) electrons. The topological polar surface area (TPSA) is 56.0 Å². The van der Waals surface area contributed by atoms with Crippen LogP contribution in [0.1, 0.15) is 11.5 Å². The summed E-state index contributed by atoms with van der Waals surface area (Å²) in [5.74, 6) is 0.265. The molecule has 3 heterocycles. The second-order valence-electron chi connectivity index (χ2n) is 5.32. The van der Waals surface area contributed by atoms with Gasteiger partial charge in [0.15, 0.2) is 0 Å². The predicted molar refractivity (Wildman–Crippen MR) is 88.3 cm³/mol. The Labute approximate surface area is 134 Å². The van der Waals surface area contributed by atoms with Crippen LogP contribution in [0.5, 0.6) is 0 Å². The number of aromatic nitrogens is 2. The van der Waals surface area contributed by atoms with Crippen LogP contribution in [0.4, 0.5) is 4.39 Å². The Kier molecular flexibility index (Phi) is 3.02. The number of halogens is 1. The van der Waals surface area contributed by atoms with Gasteiger partial charge in [-0.25, -0.2) is 19.2 Å². The van der Waals surface area contributed by atoms with Gasteiger partial charge >= 0.3 is 5.63 Å². The summed E-state index contributed by atoms with van der Waals surface area (Å²) in [6.07, 6.45) is 0. The second-order valence-corrected chi connectivity index (χ2v) is 6.35. The minimum absolute atomic E-state index is 0.242. The Morgan fingerprint density at radius 1 is 1.13 bits per heavy atom. The largest absolute Gasteiger partial charge is 0.422 e. The number of aryl methyl sites for hydroxylation is 2. The lowest BCUT2D eigenvalue weighted by Crippen LogP contribution is -2.01. The third-order valence-electron chi connectivity index (χ3n) is 3.66. The van der Waals surface area contributed by atoms with E-state index in [1.807, 2.05) is 19.9 Å². The van der Waals surface area contributed by atoms with Crippen LogP contribution in [0.25, 0.3) is 31.6 Å². The lowest BCUT2D eigenvalue weighted by molar-refractivity contribution is 0.556. The Morgan fingerprint density at radius 3 is 2.78 bits per heavy atom. The van der Waals surface area contributed by atoms with Crippen molar-refractivity contribution in [2.24, 2.45) is 0 Å². The first-order chi connectivity index (χ1) is 11.0. The van der Waals surface area contributed by atoms with E-state index in [9.17, 15) is 9.18 Å². The van der Waals surface area contributed by atoms with Crippen LogP contribution in [0.3, 0.4) is 0 Å². The maximum Gasteiger partial charge on any atom is 0.345 e. The molecule has 0 fully saturated rings. The van der Waals surface area contributed by atoms with Crippen LogP contribution in [-0.4, -0.2) is 9.97 Å². The van der Waals surface area contributed by atoms with Gasteiger partial charge in [0.1, 0.15) is 22.1 Å². The molecule has 0 aliphatic heterocycles. The third-order valence-corrected chi connectivity index (χ3v) is 4.72. The average molecular weight is 326 g/mol. The van der Waals surface area contributed by atoms with Crippen molar-refractivity contribution in [2.75, 3.05) is 0 Å². The van der Waals surface area contributed by atoms with Crippen LogP contribution in [0.15, 0.2) is 39.5 Å². The van der Waals surface area contributed by atoms with Crippen molar-refractivity contribution >= 4 is 32.5 Å². The molecular weight excluding hydrogens is 315 g/mol. The fraction of sp³-hybridized carbons (Fsp3) is 0.118. The van der Waals surface area contributed by atoms with Crippen molar-refractivity contribution in [3.63, 3.8) is 0 Å². The monoisotopic (exact) mass is 326 g/mol. The molecule has 0 bridgehead atoms. The molecule has 0 atom stereocenters. The first-order valence-corrected chi connectivity index (χ1v) is 7.81. The third kappa shape index (κ3) is 2.31. The normalized spacial score (nSPS) is 11.4. The summed E-state index contributed by atoms with van der Waals surface area (Å²) in [6.45, 7) is 3.75. The fourth-order valence-electron chi connectivity index (χ4n) is 2.59. The molecule has 4 nitrogen and oxygen atoms in total. The molecule has 0 saturated heterocycles. The number of fused-ring (bicyclic) bond motifs is 2. The van der Waals surface area contributed by atoms with E-state index >= 15 is 0 Å². The maximum atomic E-state index is 13.2. The molecule has 0 aliphatic rings. The second kappa shape index (κ2) is 4.96. The molecule has 3 aromatic heterocycles. The van der Waals surface area contributed by atoms with Crippen LogP contribution in [0, 0.1) is 19.7 Å². The van der Waals surface area contributed by atoms with Crippen molar-refractivity contribution in [3.05, 3.63) is 58.1 Å². The number of hydrogen-bond donors (Lipinski definition) is 0. The summed E-state index contributed by atoms with van der Waals surface area (Å²) < 4.78 is 18.5. The molecule has 0 amide bonds. The van der Waals surface area contributed by atoms with Crippen LogP contribution in [-0.2, 0) is 0 Å². The smallest absolute Gasteiger partial charge is 0.345 e. The van der Waals surface area contributed by atoms with Gasteiger partial charge in [0.05, 0.1) is 5.56 Å². The molecule has 4 rings (SSSR count). The first-order valence-electron chi connectivity index (χ1n) is 7.00. The summed E-state index contributed by atoms with van der Waals surface area (Å²) in [4.78, 5) is 22.6. The molecule has 0 N–H and O–H groups in total. The zero-order chi connectivity index (χ0) is 16.1. The number of nitrogens with zero attached hydrogens (tertiary/aromatic N) is 2. The van der Waals surface area contributed by atoms with E-state index in [0.717, 1.165) is 20.8 Å². The van der Waals surface area contributed by atoms with Gasteiger partial charge in [0, 0.05) is 27.4 Å². The van der Waals surface area contributed by atoms with E-state index in [1.54, 1.807) is 12.1 Å². The molecule has 114 valence electrons. The summed E-state index contributed by atoms with van der Waals surface area (Å²) in [6, 6.07) is 7.78. The van der Waals surface area contributed by atoms with E-state index in [4.69, 9.17) is 4.42 Å². The van der Waals surface area contributed by atoms with Crippen molar-refractivity contribution in [3.8, 4) is 10.4 Å². The lowest BCUT2D eigenvalue weighted by atomic mass is 10.1. The Bertz CT molecular complexity index is 1130. The first kappa shape index (κ1) is 14.0. The molecule has 1 aromatic carbocycles. The minimum Gasteiger partial charge on any atom is -0.422 e. The molecule has 0 saturated carbocycles. The molecule has 0 spiro atoms. The molecule has 4 aromatic rings. The average Bonchev–Trinajstić information content (AvgIpc) is 2.90. The Hall–Kier alpha value is -2.60. The van der Waals surface area contributed by atoms with Crippen LogP contribution < -0.4 is 5.63 Å². The van der Waals surface area contributed by atoms with E-state index in [-0.39, 0.29) is 5.58 Å². The predicted octanol–water partition coefficient (Wildman–Crippen LogP) is 4.22. The van der Waals surface area contributed by atoms with E-state index in [0.29, 0.717) is 16.8 Å². The van der Waals surface area contributed by atoms with Gasteiger partial charge in [-0.15, -0.1) is 11.3 Å². The van der Waals surface area contributed by atoms with Gasteiger partial charge in [-0.2, -0.15) is 0 Å². The highest BCUT2D eigenvalue weighted by atomic mass is 32.1. The van der Waals surface area contributed by atoms with Gasteiger partial charge < -0.3 is 4.42 Å². The molecule has 6 heteroatoms. The zero-order valence-electron chi connectivity index (χ0n) is 12.4. The standard InChI is InChI=1S/C17H11FN2O2S/c1-8-12-7-15(23-16(12)20-9(2)19-8)13-5-10-3-4-11(18)6-14(10)22-17(13)21/h3-7H,1-2H3. The number of thiophene rings is 1. The van der Waals surface area contributed by atoms with E-state index in [2.05, 4.69) is 9.97 Å². The summed E-state index contributed by atoms with van der Waals surface area (Å²) in [7, 11) is 0. The van der Waals surface area contributed by atoms with E-state index < -0.39 is 11.4 Å². The van der Waals surface area contributed by atoms with Gasteiger partial charge in [-0.1, -0.05) is 0 Å². The van der Waals surface area contributed by atoms with Crippen molar-refractivity contribution in [1.29, 1.82) is 0 Å². The molecule has 0 aliphatic carbocycles. The number of benzene rings is 1. The van der Waals surface area contributed by atoms with Gasteiger partial charge in [0.25, 0.3) is 0 Å². The van der Waals surface area contributed by atoms with Crippen molar-refractivity contribution in [1.82, 2.24) is 9.97 Å². The fourth-order valence-corrected chi connectivity index (χ4v) is 3.72. The van der Waals surface area contributed by atoms with Crippen LogP contribution in [0.2, 0.25) is 0 Å². The summed E-state index contributed by atoms with van der Waals surface area (Å²) in [5, 5.41) is 1.60. The highest BCUT2D eigenvalue weighted by molar-refractivity contribution is 7.21. The van der Waals surface area contributed by atoms with Crippen molar-refractivity contribution in [2.45, 2.75) is 13.8 Å². The SMILES string of the molecule is Cc1nc(C)c2cc(-c3cc4ccc(F)cc4oc3=O)sc2n1. The number of hydrogen-bond acceptors (Lipinski definition) is 5. The van der Waals surface area contributed by atoms with Gasteiger partial charge in [-0.3, -0.25) is 0 Å². The zero-order valence-corrected chi connectivity index (χ0v) is 13.2. The van der Waals surface area contributed by atoms with Crippen molar-refractivity contribution < 1.29 is 8.81 Å². The maximum absolute atomic E-state index is 13.2. The quantitative estimate of drug-likeness (QED) is 0.491. The number of rotatable bonds is 1. The summed E-state index contributed by atoms with van der Waals surface area (Å²) in [5.41, 5.74) is 1.08. The lowest BCUT2D eigenvalue weighted by Gasteiger charge is -1.99. The van der Waals surface area contributed by atoms with Gasteiger partial charge in [-0.05, 0) is 38.1 Å². The highest BCUT2D eigenvalue weighted by Crippen LogP contribution is 2.33. The van der Waals surface area contributed by atoms with Gasteiger partial charge in [0.2, 0.25) is 0 Å². The highest BCUT2D eigenvalue weighted by Gasteiger charge is 2.14. The Morgan fingerprint density at radius 2 is 1.96 bits per heavy atom. The minimum atomic E-state index is -0.489. The van der Waals surface area contributed by atoms with E-state index in [1.165, 1.54) is 23.5 Å². The molecular formula is C17H11FN2O2S. The summed E-state index contributed by atoms with van der Waals surface area (Å²) >= 11 is 1.42. The van der Waals surface area contributed by atoms with Crippen LogP contribution >= 0.6 is 11.3 Å². The molecule has 23 heavy (non-hydrogen) atoms. The Balaban J connectivity index is 1.98.